The van der Waals surface area contributed by atoms with Crippen molar-refractivity contribution in [2.75, 3.05) is 0 Å². The molecule has 1 atom stereocenters. The molecule has 0 fully saturated rings. The molecule has 0 aliphatic heterocycles. The van der Waals surface area contributed by atoms with E-state index < -0.39 is 0 Å². The molecule has 0 spiro atoms. The lowest BCUT2D eigenvalue weighted by atomic mass is 9.96. The van der Waals surface area contributed by atoms with Crippen molar-refractivity contribution >= 4 is 5.91 Å². The van der Waals surface area contributed by atoms with E-state index in [4.69, 9.17) is 0 Å². The Kier molecular flexibility index (Phi) is 5.52. The van der Waals surface area contributed by atoms with Gasteiger partial charge in [-0.05, 0) is 43.0 Å². The van der Waals surface area contributed by atoms with Crippen LogP contribution >= 0.6 is 0 Å². The van der Waals surface area contributed by atoms with Crippen molar-refractivity contribution in [1.29, 1.82) is 0 Å². The average Bonchev–Trinajstić information content (AvgIpc) is 2.63. The molecule has 2 nitrogen and oxygen atoms in total. The van der Waals surface area contributed by atoms with Crippen LogP contribution < -0.4 is 5.32 Å². The van der Waals surface area contributed by atoms with Crippen molar-refractivity contribution in [3.8, 4) is 0 Å². The van der Waals surface area contributed by atoms with Gasteiger partial charge in [0.2, 0.25) is 5.91 Å². The normalized spacial score (nSPS) is 11.8. The van der Waals surface area contributed by atoms with Crippen LogP contribution in [0.5, 0.6) is 0 Å². The first-order valence-corrected chi connectivity index (χ1v) is 9.00. The summed E-state index contributed by atoms with van der Waals surface area (Å²) in [5.74, 6) is 0.0345. The van der Waals surface area contributed by atoms with Gasteiger partial charge in [0.1, 0.15) is 0 Å². The van der Waals surface area contributed by atoms with Gasteiger partial charge in [0.15, 0.2) is 0 Å². The van der Waals surface area contributed by atoms with Crippen molar-refractivity contribution < 1.29 is 4.79 Å². The fourth-order valence-corrected chi connectivity index (χ4v) is 3.28. The summed E-state index contributed by atoms with van der Waals surface area (Å²) >= 11 is 0. The molecule has 0 aliphatic rings. The number of nitrogens with one attached hydrogen (secondary N) is 1. The van der Waals surface area contributed by atoms with E-state index >= 15 is 0 Å². The third-order valence-corrected chi connectivity index (χ3v) is 4.66. The van der Waals surface area contributed by atoms with Crippen LogP contribution in [-0.4, -0.2) is 5.91 Å². The van der Waals surface area contributed by atoms with Gasteiger partial charge in [-0.25, -0.2) is 0 Å². The van der Waals surface area contributed by atoms with Crippen LogP contribution in [0.25, 0.3) is 0 Å². The first-order chi connectivity index (χ1) is 12.5. The van der Waals surface area contributed by atoms with E-state index in [-0.39, 0.29) is 11.9 Å². The molecule has 26 heavy (non-hydrogen) atoms. The van der Waals surface area contributed by atoms with Crippen LogP contribution in [0.2, 0.25) is 0 Å². The van der Waals surface area contributed by atoms with Crippen molar-refractivity contribution in [3.63, 3.8) is 0 Å². The van der Waals surface area contributed by atoms with Gasteiger partial charge in [0.25, 0.3) is 0 Å². The number of hydrogen-bond donors (Lipinski definition) is 1. The third-order valence-electron chi connectivity index (χ3n) is 4.66. The second kappa shape index (κ2) is 8.01. The van der Waals surface area contributed by atoms with E-state index in [1.54, 1.807) is 0 Å². The van der Waals surface area contributed by atoms with E-state index in [0.29, 0.717) is 6.42 Å². The minimum absolute atomic E-state index is 0.0345. The van der Waals surface area contributed by atoms with Crippen LogP contribution in [0.3, 0.4) is 0 Å². The molecule has 0 aromatic heterocycles. The SMILES string of the molecule is Cc1cccc(C(NC(=O)Cc2ccc(C)cc2C)c2ccccc2)c1. The summed E-state index contributed by atoms with van der Waals surface area (Å²) < 4.78 is 0. The number of carbonyl (C=O) groups excluding carboxylic acids is 1. The molecule has 0 aliphatic carbocycles. The van der Waals surface area contributed by atoms with E-state index in [2.05, 4.69) is 74.6 Å². The highest BCUT2D eigenvalue weighted by atomic mass is 16.1. The van der Waals surface area contributed by atoms with E-state index in [1.807, 2.05) is 24.3 Å². The summed E-state index contributed by atoms with van der Waals surface area (Å²) in [5.41, 5.74) is 6.83. The number of rotatable bonds is 5. The number of carbonyl (C=O) groups is 1. The first kappa shape index (κ1) is 17.9. The molecule has 3 aromatic rings. The number of aryl methyl sites for hydroxylation is 3. The molecule has 0 saturated carbocycles. The number of hydrogen-bond acceptors (Lipinski definition) is 1. The Bertz CT molecular complexity index is 899. The molecule has 1 N–H and O–H groups in total. The molecule has 0 saturated heterocycles. The van der Waals surface area contributed by atoms with Gasteiger partial charge < -0.3 is 5.32 Å². The Morgan fingerprint density at radius 3 is 2.19 bits per heavy atom. The van der Waals surface area contributed by atoms with E-state index in [0.717, 1.165) is 22.3 Å². The van der Waals surface area contributed by atoms with Gasteiger partial charge in [-0.2, -0.15) is 0 Å². The lowest BCUT2D eigenvalue weighted by molar-refractivity contribution is -0.120. The maximum absolute atomic E-state index is 12.8. The Balaban J connectivity index is 1.85. The Labute approximate surface area is 155 Å². The summed E-state index contributed by atoms with van der Waals surface area (Å²) in [4.78, 5) is 12.8. The summed E-state index contributed by atoms with van der Waals surface area (Å²) in [6, 6.07) is 24.5. The van der Waals surface area contributed by atoms with Crippen molar-refractivity contribution in [2.24, 2.45) is 0 Å². The van der Waals surface area contributed by atoms with Crippen LogP contribution in [0.4, 0.5) is 0 Å². The standard InChI is InChI=1S/C24H25NO/c1-17-8-7-11-22(15-17)24(20-9-5-4-6-10-20)25-23(26)16-21-13-12-18(2)14-19(21)3/h4-15,24H,16H2,1-3H3,(H,25,26). The maximum atomic E-state index is 12.8. The Morgan fingerprint density at radius 2 is 1.50 bits per heavy atom. The molecule has 0 bridgehead atoms. The smallest absolute Gasteiger partial charge is 0.225 e. The monoisotopic (exact) mass is 343 g/mol. The van der Waals surface area contributed by atoms with Crippen LogP contribution in [-0.2, 0) is 11.2 Å². The molecule has 3 rings (SSSR count). The van der Waals surface area contributed by atoms with Gasteiger partial charge in [-0.15, -0.1) is 0 Å². The molecular weight excluding hydrogens is 318 g/mol. The van der Waals surface area contributed by atoms with Crippen LogP contribution in [0, 0.1) is 20.8 Å². The lowest BCUT2D eigenvalue weighted by Crippen LogP contribution is -2.30. The molecule has 132 valence electrons. The number of benzene rings is 3. The molecule has 0 radical (unpaired) electrons. The molecule has 1 unspecified atom stereocenters. The van der Waals surface area contributed by atoms with Gasteiger partial charge in [0.05, 0.1) is 12.5 Å². The Hall–Kier alpha value is -2.87. The molecular formula is C24H25NO. The predicted octanol–water partition coefficient (Wildman–Crippen LogP) is 5.06. The maximum Gasteiger partial charge on any atom is 0.225 e. The zero-order valence-corrected chi connectivity index (χ0v) is 15.6. The molecule has 0 heterocycles. The lowest BCUT2D eigenvalue weighted by Gasteiger charge is -2.21. The Morgan fingerprint density at radius 1 is 0.808 bits per heavy atom. The molecule has 2 heteroatoms. The summed E-state index contributed by atoms with van der Waals surface area (Å²) in [6.07, 6.45) is 0.390. The summed E-state index contributed by atoms with van der Waals surface area (Å²) in [7, 11) is 0. The van der Waals surface area contributed by atoms with Crippen LogP contribution in [0.15, 0.2) is 72.8 Å². The topological polar surface area (TPSA) is 29.1 Å². The minimum atomic E-state index is -0.144. The zero-order valence-electron chi connectivity index (χ0n) is 15.6. The highest BCUT2D eigenvalue weighted by Gasteiger charge is 2.17. The minimum Gasteiger partial charge on any atom is -0.345 e. The quantitative estimate of drug-likeness (QED) is 0.689. The largest absolute Gasteiger partial charge is 0.345 e. The summed E-state index contributed by atoms with van der Waals surface area (Å²) in [5, 5.41) is 3.23. The van der Waals surface area contributed by atoms with Crippen molar-refractivity contribution in [2.45, 2.75) is 33.2 Å². The average molecular weight is 343 g/mol. The number of amides is 1. The highest BCUT2D eigenvalue weighted by molar-refractivity contribution is 5.80. The second-order valence-corrected chi connectivity index (χ2v) is 6.93. The van der Waals surface area contributed by atoms with E-state index in [9.17, 15) is 4.79 Å². The van der Waals surface area contributed by atoms with Gasteiger partial charge in [0, 0.05) is 0 Å². The predicted molar refractivity (Wildman–Crippen MR) is 107 cm³/mol. The third kappa shape index (κ3) is 4.40. The first-order valence-electron chi connectivity index (χ1n) is 9.00. The fraction of sp³-hybridized carbons (Fsp3) is 0.208. The van der Waals surface area contributed by atoms with Gasteiger partial charge in [-0.3, -0.25) is 4.79 Å². The molecule has 1 amide bonds. The van der Waals surface area contributed by atoms with Gasteiger partial charge in [-0.1, -0.05) is 83.9 Å². The van der Waals surface area contributed by atoms with Crippen LogP contribution in [0.1, 0.15) is 39.4 Å². The zero-order chi connectivity index (χ0) is 18.5. The highest BCUT2D eigenvalue weighted by Crippen LogP contribution is 2.23. The molecule has 3 aromatic carbocycles. The second-order valence-electron chi connectivity index (χ2n) is 6.93. The summed E-state index contributed by atoms with van der Waals surface area (Å²) in [6.45, 7) is 6.20. The van der Waals surface area contributed by atoms with E-state index in [1.165, 1.54) is 11.1 Å². The fourth-order valence-electron chi connectivity index (χ4n) is 3.28. The van der Waals surface area contributed by atoms with Crippen molar-refractivity contribution in [1.82, 2.24) is 5.32 Å². The van der Waals surface area contributed by atoms with Crippen molar-refractivity contribution in [3.05, 3.63) is 106 Å². The van der Waals surface area contributed by atoms with Gasteiger partial charge >= 0.3 is 0 Å².